The molecule has 10 heavy (non-hydrogen) atoms. The summed E-state index contributed by atoms with van der Waals surface area (Å²) in [5.74, 6) is 0. The Hall–Kier alpha value is -0.643. The molecule has 3 nitrogen and oxygen atoms in total. The second-order valence-electron chi connectivity index (χ2n) is 3.65. The van der Waals surface area contributed by atoms with Crippen molar-refractivity contribution >= 4 is 8.07 Å². The Morgan fingerprint density at radius 1 is 1.40 bits per heavy atom. The van der Waals surface area contributed by atoms with Crippen molar-refractivity contribution in [3.8, 4) is 0 Å². The van der Waals surface area contributed by atoms with E-state index in [9.17, 15) is 0 Å². The van der Waals surface area contributed by atoms with E-state index in [1.165, 1.54) is 0 Å². The lowest BCUT2D eigenvalue weighted by atomic mass is 11.2. The molecule has 0 aliphatic heterocycles. The van der Waals surface area contributed by atoms with Crippen LogP contribution in [0.1, 0.15) is 0 Å². The summed E-state index contributed by atoms with van der Waals surface area (Å²) in [6.07, 6.45) is 4.42. The molecule has 0 fully saturated rings. The van der Waals surface area contributed by atoms with Crippen LogP contribution >= 0.6 is 0 Å². The normalized spacial score (nSPS) is 11.9. The molecule has 1 aromatic heterocycles. The molecule has 0 aliphatic rings. The van der Waals surface area contributed by atoms with Crippen molar-refractivity contribution < 1.29 is 0 Å². The van der Waals surface area contributed by atoms with E-state index in [0.29, 0.717) is 0 Å². The van der Waals surface area contributed by atoms with Crippen molar-refractivity contribution in [2.24, 2.45) is 0 Å². The van der Waals surface area contributed by atoms with E-state index in [1.807, 2.05) is 4.68 Å². The second-order valence-corrected chi connectivity index (χ2v) is 9.09. The predicted molar refractivity (Wildman–Crippen MR) is 43.4 cm³/mol. The molecule has 0 aromatic carbocycles. The van der Waals surface area contributed by atoms with Gasteiger partial charge in [0.1, 0.15) is 12.7 Å². The number of aromatic nitrogens is 3. The monoisotopic (exact) mass is 155 g/mol. The van der Waals surface area contributed by atoms with E-state index >= 15 is 0 Å². The van der Waals surface area contributed by atoms with Crippen molar-refractivity contribution in [3.05, 3.63) is 12.7 Å². The lowest BCUT2D eigenvalue weighted by Gasteiger charge is -2.14. The predicted octanol–water partition coefficient (Wildman–Crippen LogP) is 1.16. The fourth-order valence-corrected chi connectivity index (χ4v) is 1.94. The molecule has 0 radical (unpaired) electrons. The molecule has 0 bridgehead atoms. The summed E-state index contributed by atoms with van der Waals surface area (Å²) < 4.78 is 1.91. The first-order chi connectivity index (χ1) is 4.58. The van der Waals surface area contributed by atoms with E-state index < -0.39 is 8.07 Å². The van der Waals surface area contributed by atoms with Crippen LogP contribution in [0.2, 0.25) is 19.6 Å². The van der Waals surface area contributed by atoms with Crippen LogP contribution in [0.5, 0.6) is 0 Å². The molecule has 0 atom stereocenters. The maximum Gasteiger partial charge on any atom is 0.137 e. The highest BCUT2D eigenvalue weighted by Gasteiger charge is 2.13. The minimum atomic E-state index is -1.00. The lowest BCUT2D eigenvalue weighted by Crippen LogP contribution is -2.28. The highest BCUT2D eigenvalue weighted by Crippen LogP contribution is 2.02. The fourth-order valence-electron chi connectivity index (χ4n) is 0.800. The van der Waals surface area contributed by atoms with Gasteiger partial charge < -0.3 is 0 Å². The van der Waals surface area contributed by atoms with Gasteiger partial charge in [0.15, 0.2) is 0 Å². The van der Waals surface area contributed by atoms with Crippen LogP contribution in [-0.2, 0) is 6.17 Å². The molecule has 0 aliphatic carbocycles. The van der Waals surface area contributed by atoms with Crippen LogP contribution in [0.25, 0.3) is 0 Å². The van der Waals surface area contributed by atoms with Crippen molar-refractivity contribution in [1.82, 2.24) is 14.8 Å². The molecule has 0 amide bonds. The quantitative estimate of drug-likeness (QED) is 0.600. The molecule has 0 spiro atoms. The molecule has 1 aromatic rings. The lowest BCUT2D eigenvalue weighted by molar-refractivity contribution is 0.723. The third kappa shape index (κ3) is 2.30. The smallest absolute Gasteiger partial charge is 0.137 e. The van der Waals surface area contributed by atoms with Gasteiger partial charge in [0, 0.05) is 6.17 Å². The molecular weight excluding hydrogens is 142 g/mol. The Morgan fingerprint density at radius 2 is 2.10 bits per heavy atom. The van der Waals surface area contributed by atoms with Crippen LogP contribution in [0.3, 0.4) is 0 Å². The summed E-state index contributed by atoms with van der Waals surface area (Å²) >= 11 is 0. The van der Waals surface area contributed by atoms with E-state index in [-0.39, 0.29) is 0 Å². The molecule has 56 valence electrons. The van der Waals surface area contributed by atoms with Gasteiger partial charge in [0.05, 0.1) is 8.07 Å². The first-order valence-electron chi connectivity index (χ1n) is 3.40. The number of rotatable bonds is 2. The molecule has 1 rings (SSSR count). The Morgan fingerprint density at radius 3 is 2.50 bits per heavy atom. The van der Waals surface area contributed by atoms with Gasteiger partial charge in [-0.1, -0.05) is 19.6 Å². The number of hydrogen-bond donors (Lipinski definition) is 0. The van der Waals surface area contributed by atoms with Crippen LogP contribution in [-0.4, -0.2) is 22.8 Å². The second kappa shape index (κ2) is 2.54. The standard InChI is InChI=1S/C6H13N3Si/c1-10(2,3)6-9-5-7-4-8-9/h4-5H,6H2,1-3H3. The topological polar surface area (TPSA) is 30.7 Å². The first kappa shape index (κ1) is 7.46. The zero-order valence-electron chi connectivity index (χ0n) is 6.70. The summed E-state index contributed by atoms with van der Waals surface area (Å²) in [7, 11) is -1.00. The van der Waals surface area contributed by atoms with Gasteiger partial charge in [0.25, 0.3) is 0 Å². The van der Waals surface area contributed by atoms with Gasteiger partial charge in [-0.2, -0.15) is 5.10 Å². The summed E-state index contributed by atoms with van der Waals surface area (Å²) in [5.41, 5.74) is 0. The van der Waals surface area contributed by atoms with Crippen molar-refractivity contribution in [1.29, 1.82) is 0 Å². The number of hydrogen-bond acceptors (Lipinski definition) is 2. The largest absolute Gasteiger partial charge is 0.256 e. The Labute approximate surface area is 62.1 Å². The third-order valence-electron chi connectivity index (χ3n) is 1.10. The molecule has 0 saturated heterocycles. The van der Waals surface area contributed by atoms with Crippen LogP contribution in [0, 0.1) is 0 Å². The molecule has 0 saturated carbocycles. The molecule has 0 unspecified atom stereocenters. The highest BCUT2D eigenvalue weighted by atomic mass is 28.3. The van der Waals surface area contributed by atoms with Crippen molar-refractivity contribution in [2.45, 2.75) is 25.8 Å². The Balaban J connectivity index is 2.57. The van der Waals surface area contributed by atoms with Crippen LogP contribution < -0.4 is 0 Å². The van der Waals surface area contributed by atoms with E-state index in [4.69, 9.17) is 0 Å². The zero-order chi connectivity index (χ0) is 7.61. The van der Waals surface area contributed by atoms with E-state index in [0.717, 1.165) is 6.17 Å². The maximum atomic E-state index is 4.04. The van der Waals surface area contributed by atoms with Crippen molar-refractivity contribution in [2.75, 3.05) is 0 Å². The summed E-state index contributed by atoms with van der Waals surface area (Å²) in [5, 5.41) is 4.04. The van der Waals surface area contributed by atoms with E-state index in [1.54, 1.807) is 12.7 Å². The maximum absolute atomic E-state index is 4.04. The van der Waals surface area contributed by atoms with Crippen LogP contribution in [0.4, 0.5) is 0 Å². The SMILES string of the molecule is C[Si](C)(C)Cn1cncn1. The van der Waals surface area contributed by atoms with Gasteiger partial charge in [-0.3, -0.25) is 4.68 Å². The summed E-state index contributed by atoms with van der Waals surface area (Å²) in [6.45, 7) is 6.94. The molecule has 1 heterocycles. The zero-order valence-corrected chi connectivity index (χ0v) is 7.70. The van der Waals surface area contributed by atoms with Gasteiger partial charge >= 0.3 is 0 Å². The van der Waals surface area contributed by atoms with Gasteiger partial charge in [-0.25, -0.2) is 4.98 Å². The number of nitrogens with zero attached hydrogens (tertiary/aromatic N) is 3. The van der Waals surface area contributed by atoms with Gasteiger partial charge in [-0.05, 0) is 0 Å². The highest BCUT2D eigenvalue weighted by molar-refractivity contribution is 6.74. The van der Waals surface area contributed by atoms with Gasteiger partial charge in [0.2, 0.25) is 0 Å². The average molecular weight is 155 g/mol. The van der Waals surface area contributed by atoms with Crippen LogP contribution in [0.15, 0.2) is 12.7 Å². The van der Waals surface area contributed by atoms with Crippen molar-refractivity contribution in [3.63, 3.8) is 0 Å². The minimum Gasteiger partial charge on any atom is -0.256 e. The average Bonchev–Trinajstić information content (AvgIpc) is 2.12. The molecular formula is C6H13N3Si. The van der Waals surface area contributed by atoms with Gasteiger partial charge in [-0.15, -0.1) is 0 Å². The molecule has 0 N–H and O–H groups in total. The fraction of sp³-hybridized carbons (Fsp3) is 0.667. The first-order valence-corrected chi connectivity index (χ1v) is 7.11. The molecule has 4 heteroatoms. The Kier molecular flexibility index (Phi) is 1.89. The van der Waals surface area contributed by atoms with E-state index in [2.05, 4.69) is 29.7 Å². The summed E-state index contributed by atoms with van der Waals surface area (Å²) in [6, 6.07) is 0. The minimum absolute atomic E-state index is 1.00. The third-order valence-corrected chi connectivity index (χ3v) is 2.38. The summed E-state index contributed by atoms with van der Waals surface area (Å²) in [4.78, 5) is 3.88. The Bertz CT molecular complexity index is 187.